The van der Waals surface area contributed by atoms with E-state index >= 15 is 0 Å². The van der Waals surface area contributed by atoms with Crippen molar-refractivity contribution in [3.8, 4) is 0 Å². The van der Waals surface area contributed by atoms with Crippen LogP contribution >= 0.6 is 0 Å². The van der Waals surface area contributed by atoms with Crippen LogP contribution in [0, 0.1) is 5.41 Å². The predicted molar refractivity (Wildman–Crippen MR) is 74.3 cm³/mol. The summed E-state index contributed by atoms with van der Waals surface area (Å²) in [5.41, 5.74) is 0.623. The highest BCUT2D eigenvalue weighted by atomic mass is 15.2. The van der Waals surface area contributed by atoms with Gasteiger partial charge in [-0.3, -0.25) is 0 Å². The van der Waals surface area contributed by atoms with Gasteiger partial charge in [-0.2, -0.15) is 0 Å². The third kappa shape index (κ3) is 3.96. The van der Waals surface area contributed by atoms with Gasteiger partial charge in [0.05, 0.1) is 0 Å². The van der Waals surface area contributed by atoms with Gasteiger partial charge in [-0.1, -0.05) is 33.1 Å². The van der Waals surface area contributed by atoms with Crippen molar-refractivity contribution < 1.29 is 0 Å². The van der Waals surface area contributed by atoms with Gasteiger partial charge in [-0.05, 0) is 44.2 Å². The molecule has 2 nitrogen and oxygen atoms in total. The lowest BCUT2D eigenvalue weighted by atomic mass is 9.75. The molecule has 0 radical (unpaired) electrons. The molecular weight excluding hydrogens is 208 g/mol. The second-order valence-electron chi connectivity index (χ2n) is 6.55. The first-order valence-electron chi connectivity index (χ1n) is 7.68. The molecule has 1 aliphatic heterocycles. The molecule has 100 valence electrons. The number of rotatable bonds is 5. The summed E-state index contributed by atoms with van der Waals surface area (Å²) < 4.78 is 0. The van der Waals surface area contributed by atoms with E-state index in [-0.39, 0.29) is 0 Å². The summed E-state index contributed by atoms with van der Waals surface area (Å²) >= 11 is 0. The molecule has 1 N–H and O–H groups in total. The average Bonchev–Trinajstić information content (AvgIpc) is 2.74. The third-order valence-corrected chi connectivity index (χ3v) is 4.62. The molecule has 2 fully saturated rings. The van der Waals surface area contributed by atoms with Gasteiger partial charge in [0, 0.05) is 19.1 Å². The zero-order valence-electron chi connectivity index (χ0n) is 11.8. The monoisotopic (exact) mass is 238 g/mol. The lowest BCUT2D eigenvalue weighted by molar-refractivity contribution is 0.137. The first-order valence-corrected chi connectivity index (χ1v) is 7.68. The standard InChI is InChI=1S/C15H30N2/c1-3-10-16-14-7-11-17(12-14)13-15(2)8-5-4-6-9-15/h14,16H,3-13H2,1-2H3. The molecule has 2 rings (SSSR count). The Hall–Kier alpha value is -0.0800. The van der Waals surface area contributed by atoms with Crippen molar-refractivity contribution in [1.29, 1.82) is 0 Å². The summed E-state index contributed by atoms with van der Waals surface area (Å²) in [5.74, 6) is 0. The molecule has 1 saturated heterocycles. The third-order valence-electron chi connectivity index (χ3n) is 4.62. The summed E-state index contributed by atoms with van der Waals surface area (Å²) in [6.45, 7) is 9.90. The minimum absolute atomic E-state index is 0.623. The van der Waals surface area contributed by atoms with Crippen LogP contribution in [0.2, 0.25) is 0 Å². The normalized spacial score (nSPS) is 29.6. The minimum atomic E-state index is 0.623. The van der Waals surface area contributed by atoms with Gasteiger partial charge < -0.3 is 10.2 Å². The summed E-state index contributed by atoms with van der Waals surface area (Å²) in [4.78, 5) is 2.71. The molecule has 1 atom stereocenters. The fraction of sp³-hybridized carbons (Fsp3) is 1.00. The number of hydrogen-bond acceptors (Lipinski definition) is 2. The number of nitrogens with zero attached hydrogens (tertiary/aromatic N) is 1. The lowest BCUT2D eigenvalue weighted by Gasteiger charge is -2.37. The van der Waals surface area contributed by atoms with E-state index in [1.165, 1.54) is 71.1 Å². The van der Waals surface area contributed by atoms with Gasteiger partial charge >= 0.3 is 0 Å². The van der Waals surface area contributed by atoms with E-state index in [4.69, 9.17) is 0 Å². The topological polar surface area (TPSA) is 15.3 Å². The van der Waals surface area contributed by atoms with Crippen molar-refractivity contribution in [2.75, 3.05) is 26.2 Å². The smallest absolute Gasteiger partial charge is 0.0207 e. The summed E-state index contributed by atoms with van der Waals surface area (Å²) in [5, 5.41) is 3.67. The van der Waals surface area contributed by atoms with Gasteiger partial charge in [0.2, 0.25) is 0 Å². The summed E-state index contributed by atoms with van der Waals surface area (Å²) in [7, 11) is 0. The number of nitrogens with one attached hydrogen (secondary N) is 1. The molecule has 1 unspecified atom stereocenters. The van der Waals surface area contributed by atoms with Gasteiger partial charge in [-0.15, -0.1) is 0 Å². The van der Waals surface area contributed by atoms with Crippen molar-refractivity contribution in [2.24, 2.45) is 5.41 Å². The maximum Gasteiger partial charge on any atom is 0.0207 e. The highest BCUT2D eigenvalue weighted by Gasteiger charge is 2.31. The maximum atomic E-state index is 3.67. The van der Waals surface area contributed by atoms with E-state index in [0.29, 0.717) is 5.41 Å². The molecule has 17 heavy (non-hydrogen) atoms. The SMILES string of the molecule is CCCNC1CCN(CC2(C)CCCCC2)C1. The molecule has 0 aromatic heterocycles. The first kappa shape index (κ1) is 13.4. The Kier molecular flexibility index (Phi) is 4.87. The van der Waals surface area contributed by atoms with E-state index in [1.54, 1.807) is 0 Å². The molecule has 1 heterocycles. The van der Waals surface area contributed by atoms with Crippen LogP contribution in [0.25, 0.3) is 0 Å². The zero-order valence-corrected chi connectivity index (χ0v) is 11.8. The quantitative estimate of drug-likeness (QED) is 0.792. The minimum Gasteiger partial charge on any atom is -0.313 e. The molecule has 2 heteroatoms. The molecule has 0 aromatic rings. The van der Waals surface area contributed by atoms with Gasteiger partial charge in [-0.25, -0.2) is 0 Å². The van der Waals surface area contributed by atoms with E-state index in [0.717, 1.165) is 6.04 Å². The van der Waals surface area contributed by atoms with Crippen molar-refractivity contribution in [3.05, 3.63) is 0 Å². The van der Waals surface area contributed by atoms with Crippen LogP contribution in [0.1, 0.15) is 58.8 Å². The Morgan fingerprint density at radius 1 is 1.24 bits per heavy atom. The molecule has 2 aliphatic rings. The second kappa shape index (κ2) is 6.19. The molecule has 1 aliphatic carbocycles. The lowest BCUT2D eigenvalue weighted by Crippen LogP contribution is -2.38. The van der Waals surface area contributed by atoms with E-state index in [2.05, 4.69) is 24.1 Å². The van der Waals surface area contributed by atoms with Crippen molar-refractivity contribution >= 4 is 0 Å². The van der Waals surface area contributed by atoms with Crippen molar-refractivity contribution in [2.45, 2.75) is 64.8 Å². The fourth-order valence-corrected chi connectivity index (χ4v) is 3.59. The average molecular weight is 238 g/mol. The summed E-state index contributed by atoms with van der Waals surface area (Å²) in [6, 6.07) is 0.766. The molecule has 0 aromatic carbocycles. The molecule has 1 saturated carbocycles. The van der Waals surface area contributed by atoms with Crippen LogP contribution in [0.15, 0.2) is 0 Å². The molecule has 0 spiro atoms. The van der Waals surface area contributed by atoms with E-state index in [9.17, 15) is 0 Å². The Labute approximate surface area is 107 Å². The molecule has 0 amide bonds. The Balaban J connectivity index is 1.73. The highest BCUT2D eigenvalue weighted by Crippen LogP contribution is 2.36. The Morgan fingerprint density at radius 3 is 2.71 bits per heavy atom. The van der Waals surface area contributed by atoms with Crippen LogP contribution < -0.4 is 5.32 Å². The second-order valence-corrected chi connectivity index (χ2v) is 6.55. The van der Waals surface area contributed by atoms with E-state index in [1.807, 2.05) is 0 Å². The van der Waals surface area contributed by atoms with Crippen LogP contribution in [-0.2, 0) is 0 Å². The zero-order chi connectivity index (χ0) is 12.1. The van der Waals surface area contributed by atoms with E-state index < -0.39 is 0 Å². The predicted octanol–water partition coefficient (Wildman–Crippen LogP) is 3.03. The van der Waals surface area contributed by atoms with Crippen LogP contribution in [0.4, 0.5) is 0 Å². The Morgan fingerprint density at radius 2 is 2.00 bits per heavy atom. The largest absolute Gasteiger partial charge is 0.313 e. The van der Waals surface area contributed by atoms with Gasteiger partial charge in [0.15, 0.2) is 0 Å². The number of likely N-dealkylation sites (tertiary alicyclic amines) is 1. The number of hydrogen-bond donors (Lipinski definition) is 1. The first-order chi connectivity index (χ1) is 8.22. The van der Waals surface area contributed by atoms with Crippen molar-refractivity contribution in [1.82, 2.24) is 10.2 Å². The Bertz CT molecular complexity index is 221. The van der Waals surface area contributed by atoms with Crippen LogP contribution in [0.3, 0.4) is 0 Å². The molecular formula is C15H30N2. The summed E-state index contributed by atoms with van der Waals surface area (Å²) in [6.07, 6.45) is 9.91. The van der Waals surface area contributed by atoms with Crippen molar-refractivity contribution in [3.63, 3.8) is 0 Å². The molecule has 0 bridgehead atoms. The van der Waals surface area contributed by atoms with Crippen LogP contribution in [0.5, 0.6) is 0 Å². The fourth-order valence-electron chi connectivity index (χ4n) is 3.59. The maximum absolute atomic E-state index is 3.67. The van der Waals surface area contributed by atoms with Gasteiger partial charge in [0.25, 0.3) is 0 Å². The highest BCUT2D eigenvalue weighted by molar-refractivity contribution is 4.87. The van der Waals surface area contributed by atoms with Gasteiger partial charge in [0.1, 0.15) is 0 Å². The van der Waals surface area contributed by atoms with Crippen LogP contribution in [-0.4, -0.2) is 37.1 Å².